The SMILES string of the molecule is O=C(C=Cc1ccc2c(c1)OCO2)Nc1nc(-c2ccc3ccccc3c2)cs1. The molecule has 6 heteroatoms. The Morgan fingerprint density at radius 1 is 1.00 bits per heavy atom. The number of hydrogen-bond acceptors (Lipinski definition) is 5. The third-order valence-corrected chi connectivity index (χ3v) is 5.36. The van der Waals surface area contributed by atoms with Gasteiger partial charge < -0.3 is 9.47 Å². The molecule has 0 unspecified atom stereocenters. The second-order valence-electron chi connectivity index (χ2n) is 6.54. The standard InChI is InChI=1S/C23H16N2O3S/c26-22(10-6-15-5-9-20-21(11-15)28-14-27-20)25-23-24-19(13-29-23)18-8-7-16-3-1-2-4-17(16)12-18/h1-13H,14H2,(H,24,25,26). The molecule has 5 rings (SSSR count). The largest absolute Gasteiger partial charge is 0.454 e. The van der Waals surface area contributed by atoms with Crippen LogP contribution in [0.3, 0.4) is 0 Å². The third kappa shape index (κ3) is 3.70. The van der Waals surface area contributed by atoms with Crippen LogP contribution in [-0.2, 0) is 4.79 Å². The lowest BCUT2D eigenvalue weighted by molar-refractivity contribution is -0.111. The van der Waals surface area contributed by atoms with Gasteiger partial charge in [-0.15, -0.1) is 11.3 Å². The van der Waals surface area contributed by atoms with Crippen molar-refractivity contribution in [2.75, 3.05) is 12.1 Å². The van der Waals surface area contributed by atoms with Crippen molar-refractivity contribution in [3.05, 3.63) is 77.7 Å². The van der Waals surface area contributed by atoms with Crippen molar-refractivity contribution in [2.45, 2.75) is 0 Å². The fourth-order valence-corrected chi connectivity index (χ4v) is 3.87. The molecular formula is C23H16N2O3S. The third-order valence-electron chi connectivity index (χ3n) is 4.60. The van der Waals surface area contributed by atoms with Gasteiger partial charge in [-0.25, -0.2) is 4.98 Å². The summed E-state index contributed by atoms with van der Waals surface area (Å²) in [7, 11) is 0. The van der Waals surface area contributed by atoms with Gasteiger partial charge in [0, 0.05) is 17.0 Å². The van der Waals surface area contributed by atoms with Crippen LogP contribution >= 0.6 is 11.3 Å². The number of anilines is 1. The van der Waals surface area contributed by atoms with E-state index >= 15 is 0 Å². The molecule has 0 saturated heterocycles. The number of carbonyl (C=O) groups excluding carboxylic acids is 1. The molecule has 0 atom stereocenters. The summed E-state index contributed by atoms with van der Waals surface area (Å²) in [5, 5.41) is 7.68. The lowest BCUT2D eigenvalue weighted by Gasteiger charge is -2.01. The smallest absolute Gasteiger partial charge is 0.250 e. The number of carbonyl (C=O) groups is 1. The second kappa shape index (κ2) is 7.41. The van der Waals surface area contributed by atoms with Gasteiger partial charge in [0.1, 0.15) is 0 Å². The van der Waals surface area contributed by atoms with Crippen molar-refractivity contribution in [1.29, 1.82) is 0 Å². The van der Waals surface area contributed by atoms with Gasteiger partial charge in [0.25, 0.3) is 0 Å². The lowest BCUT2D eigenvalue weighted by atomic mass is 10.1. The molecule has 0 radical (unpaired) electrons. The van der Waals surface area contributed by atoms with Crippen LogP contribution in [0.5, 0.6) is 11.5 Å². The fraction of sp³-hybridized carbons (Fsp3) is 0.0435. The Labute approximate surface area is 171 Å². The number of hydrogen-bond donors (Lipinski definition) is 1. The van der Waals surface area contributed by atoms with Crippen LogP contribution in [0.25, 0.3) is 28.1 Å². The molecule has 1 aliphatic rings. The summed E-state index contributed by atoms with van der Waals surface area (Å²) in [5.41, 5.74) is 2.73. The van der Waals surface area contributed by atoms with Crippen LogP contribution in [-0.4, -0.2) is 17.7 Å². The Morgan fingerprint density at radius 3 is 2.79 bits per heavy atom. The number of nitrogens with one attached hydrogen (secondary N) is 1. The van der Waals surface area contributed by atoms with Crippen LogP contribution in [0.2, 0.25) is 0 Å². The summed E-state index contributed by atoms with van der Waals surface area (Å²) in [5.74, 6) is 1.17. The van der Waals surface area contributed by atoms with Crippen molar-refractivity contribution in [3.8, 4) is 22.8 Å². The highest BCUT2D eigenvalue weighted by molar-refractivity contribution is 7.14. The van der Waals surface area contributed by atoms with E-state index in [0.29, 0.717) is 10.9 Å². The van der Waals surface area contributed by atoms with Crippen molar-refractivity contribution in [3.63, 3.8) is 0 Å². The number of aromatic nitrogens is 1. The summed E-state index contributed by atoms with van der Waals surface area (Å²) >= 11 is 1.40. The zero-order valence-corrected chi connectivity index (χ0v) is 16.1. The normalized spacial score (nSPS) is 12.6. The summed E-state index contributed by atoms with van der Waals surface area (Å²) < 4.78 is 10.6. The number of benzene rings is 3. The highest BCUT2D eigenvalue weighted by Crippen LogP contribution is 2.33. The van der Waals surface area contributed by atoms with Crippen LogP contribution < -0.4 is 14.8 Å². The molecule has 1 N–H and O–H groups in total. The summed E-state index contributed by atoms with van der Waals surface area (Å²) in [4.78, 5) is 16.8. The van der Waals surface area contributed by atoms with Crippen molar-refractivity contribution in [1.82, 2.24) is 4.98 Å². The Hall–Kier alpha value is -3.64. The van der Waals surface area contributed by atoms with Gasteiger partial charge in [-0.1, -0.05) is 42.5 Å². The van der Waals surface area contributed by atoms with Gasteiger partial charge in [-0.3, -0.25) is 10.1 Å². The van der Waals surface area contributed by atoms with Crippen LogP contribution in [0.1, 0.15) is 5.56 Å². The van der Waals surface area contributed by atoms with Gasteiger partial charge >= 0.3 is 0 Å². The monoisotopic (exact) mass is 400 g/mol. The number of rotatable bonds is 4. The van der Waals surface area contributed by atoms with E-state index < -0.39 is 0 Å². The predicted octanol–water partition coefficient (Wildman–Crippen LogP) is 5.34. The molecule has 1 aliphatic heterocycles. The summed E-state index contributed by atoms with van der Waals surface area (Å²) in [6.07, 6.45) is 3.21. The highest BCUT2D eigenvalue weighted by atomic mass is 32.1. The minimum Gasteiger partial charge on any atom is -0.454 e. The van der Waals surface area contributed by atoms with E-state index in [4.69, 9.17) is 9.47 Å². The average molecular weight is 400 g/mol. The van der Waals surface area contributed by atoms with E-state index in [1.807, 2.05) is 41.8 Å². The summed E-state index contributed by atoms with van der Waals surface area (Å²) in [6.45, 7) is 0.229. The first kappa shape index (κ1) is 17.5. The molecule has 142 valence electrons. The molecule has 5 nitrogen and oxygen atoms in total. The molecule has 3 aromatic carbocycles. The second-order valence-corrected chi connectivity index (χ2v) is 7.39. The molecule has 2 heterocycles. The van der Waals surface area contributed by atoms with Crippen molar-refractivity contribution >= 4 is 39.2 Å². The maximum absolute atomic E-state index is 12.3. The minimum absolute atomic E-state index is 0.229. The number of fused-ring (bicyclic) bond motifs is 2. The van der Waals surface area contributed by atoms with E-state index in [1.54, 1.807) is 6.08 Å². The fourth-order valence-electron chi connectivity index (χ4n) is 3.15. The number of nitrogens with zero attached hydrogens (tertiary/aromatic N) is 1. The van der Waals surface area contributed by atoms with E-state index in [1.165, 1.54) is 22.8 Å². The quantitative estimate of drug-likeness (QED) is 0.470. The van der Waals surface area contributed by atoms with Crippen LogP contribution in [0.4, 0.5) is 5.13 Å². The molecule has 0 fully saturated rings. The maximum Gasteiger partial charge on any atom is 0.250 e. The van der Waals surface area contributed by atoms with E-state index in [9.17, 15) is 4.79 Å². The zero-order valence-electron chi connectivity index (χ0n) is 15.3. The van der Waals surface area contributed by atoms with Gasteiger partial charge in [0.15, 0.2) is 16.6 Å². The van der Waals surface area contributed by atoms with Crippen LogP contribution in [0, 0.1) is 0 Å². The van der Waals surface area contributed by atoms with E-state index in [2.05, 4.69) is 34.6 Å². The first-order valence-electron chi connectivity index (χ1n) is 9.08. The zero-order chi connectivity index (χ0) is 19.6. The van der Waals surface area contributed by atoms with Gasteiger partial charge in [-0.05, 0) is 40.6 Å². The van der Waals surface area contributed by atoms with Gasteiger partial charge in [0.05, 0.1) is 5.69 Å². The first-order chi connectivity index (χ1) is 14.2. The number of amides is 1. The highest BCUT2D eigenvalue weighted by Gasteiger charge is 2.12. The minimum atomic E-state index is -0.234. The Bertz CT molecular complexity index is 1250. The van der Waals surface area contributed by atoms with E-state index in [-0.39, 0.29) is 12.7 Å². The molecule has 0 spiro atoms. The maximum atomic E-state index is 12.3. The summed E-state index contributed by atoms with van der Waals surface area (Å²) in [6, 6.07) is 20.0. The molecule has 4 aromatic rings. The topological polar surface area (TPSA) is 60.5 Å². The molecule has 0 aliphatic carbocycles. The molecule has 0 bridgehead atoms. The predicted molar refractivity (Wildman–Crippen MR) is 115 cm³/mol. The van der Waals surface area contributed by atoms with E-state index in [0.717, 1.165) is 28.0 Å². The molecule has 1 aromatic heterocycles. The lowest BCUT2D eigenvalue weighted by Crippen LogP contribution is -2.07. The van der Waals surface area contributed by atoms with Crippen LogP contribution in [0.15, 0.2) is 72.1 Å². The average Bonchev–Trinajstić information content (AvgIpc) is 3.41. The first-order valence-corrected chi connectivity index (χ1v) is 9.96. The number of ether oxygens (including phenoxy) is 2. The van der Waals surface area contributed by atoms with Crippen molar-refractivity contribution < 1.29 is 14.3 Å². The van der Waals surface area contributed by atoms with Crippen molar-refractivity contribution in [2.24, 2.45) is 0 Å². The Kier molecular flexibility index (Phi) is 4.46. The number of thiazole rings is 1. The van der Waals surface area contributed by atoms with Gasteiger partial charge in [0.2, 0.25) is 12.7 Å². The molecular weight excluding hydrogens is 384 g/mol. The molecule has 1 amide bonds. The van der Waals surface area contributed by atoms with Gasteiger partial charge in [-0.2, -0.15) is 0 Å². The Morgan fingerprint density at radius 2 is 1.86 bits per heavy atom. The molecule has 29 heavy (non-hydrogen) atoms. The molecule has 0 saturated carbocycles. The Balaban J connectivity index is 1.28.